The maximum absolute atomic E-state index is 13.4. The van der Waals surface area contributed by atoms with Gasteiger partial charge in [0, 0.05) is 6.04 Å². The molecular weight excluding hydrogens is 233 g/mol. The first-order valence-electron chi connectivity index (χ1n) is 5.91. The second-order valence-corrected chi connectivity index (χ2v) is 4.31. The van der Waals surface area contributed by atoms with Gasteiger partial charge >= 0.3 is 0 Å². The summed E-state index contributed by atoms with van der Waals surface area (Å²) >= 11 is 0. The maximum atomic E-state index is 13.4. The van der Waals surface area contributed by atoms with Gasteiger partial charge in [-0.15, -0.1) is 0 Å². The Morgan fingerprint density at radius 3 is 2.83 bits per heavy atom. The van der Waals surface area contributed by atoms with Crippen molar-refractivity contribution in [2.24, 2.45) is 0 Å². The molecule has 0 saturated carbocycles. The van der Waals surface area contributed by atoms with E-state index in [0.717, 1.165) is 0 Å². The van der Waals surface area contributed by atoms with Crippen molar-refractivity contribution in [2.45, 2.75) is 32.9 Å². The molecule has 4 nitrogen and oxygen atoms in total. The van der Waals surface area contributed by atoms with E-state index >= 15 is 0 Å². The molecule has 1 aromatic carbocycles. The molecule has 0 aliphatic carbocycles. The number of aryl methyl sites for hydroxylation is 1. The van der Waals surface area contributed by atoms with Crippen LogP contribution in [-0.4, -0.2) is 16.2 Å². The zero-order chi connectivity index (χ0) is 13.0. The SMILES string of the molecule is Cc1noc(CNC(C)Cc2ccccc2F)n1. The molecule has 2 rings (SSSR count). The smallest absolute Gasteiger partial charge is 0.240 e. The van der Waals surface area contributed by atoms with Gasteiger partial charge in [0.15, 0.2) is 5.82 Å². The highest BCUT2D eigenvalue weighted by Gasteiger charge is 2.09. The number of rotatable bonds is 5. The summed E-state index contributed by atoms with van der Waals surface area (Å²) in [4.78, 5) is 4.09. The normalized spacial score (nSPS) is 12.6. The summed E-state index contributed by atoms with van der Waals surface area (Å²) in [6, 6.07) is 6.94. The molecule has 0 spiro atoms. The van der Waals surface area contributed by atoms with Crippen LogP contribution in [0.15, 0.2) is 28.8 Å². The maximum Gasteiger partial charge on any atom is 0.240 e. The van der Waals surface area contributed by atoms with Crippen LogP contribution in [0.1, 0.15) is 24.2 Å². The summed E-state index contributed by atoms with van der Waals surface area (Å²) in [6.45, 7) is 4.27. The number of halogens is 1. The molecule has 0 saturated heterocycles. The van der Waals surface area contributed by atoms with Crippen LogP contribution < -0.4 is 5.32 Å². The van der Waals surface area contributed by atoms with Gasteiger partial charge in [0.05, 0.1) is 6.54 Å². The third-order valence-corrected chi connectivity index (χ3v) is 2.66. The summed E-state index contributed by atoms with van der Waals surface area (Å²) < 4.78 is 18.4. The second kappa shape index (κ2) is 5.73. The molecule has 1 N–H and O–H groups in total. The molecule has 0 amide bonds. The third kappa shape index (κ3) is 3.37. The molecule has 1 atom stereocenters. The molecule has 0 aliphatic heterocycles. The fraction of sp³-hybridized carbons (Fsp3) is 0.385. The minimum atomic E-state index is -0.167. The number of aromatic nitrogens is 2. The summed E-state index contributed by atoms with van der Waals surface area (Å²) in [5.74, 6) is 1.00. The quantitative estimate of drug-likeness (QED) is 0.883. The number of nitrogens with one attached hydrogen (secondary N) is 1. The van der Waals surface area contributed by atoms with Crippen LogP contribution in [-0.2, 0) is 13.0 Å². The largest absolute Gasteiger partial charge is 0.338 e. The van der Waals surface area contributed by atoms with Gasteiger partial charge in [-0.05, 0) is 31.9 Å². The van der Waals surface area contributed by atoms with Crippen LogP contribution in [0.2, 0.25) is 0 Å². The molecule has 0 radical (unpaired) electrons. The van der Waals surface area contributed by atoms with Gasteiger partial charge in [-0.2, -0.15) is 4.98 Å². The van der Waals surface area contributed by atoms with Gasteiger partial charge in [-0.25, -0.2) is 4.39 Å². The predicted molar refractivity (Wildman–Crippen MR) is 65.4 cm³/mol. The van der Waals surface area contributed by atoms with E-state index < -0.39 is 0 Å². The third-order valence-electron chi connectivity index (χ3n) is 2.66. The van der Waals surface area contributed by atoms with E-state index in [4.69, 9.17) is 4.52 Å². The van der Waals surface area contributed by atoms with Gasteiger partial charge in [0.25, 0.3) is 0 Å². The van der Waals surface area contributed by atoms with Crippen LogP contribution >= 0.6 is 0 Å². The number of benzene rings is 1. The number of nitrogens with zero attached hydrogens (tertiary/aromatic N) is 2. The van der Waals surface area contributed by atoms with E-state index in [1.165, 1.54) is 6.07 Å². The lowest BCUT2D eigenvalue weighted by atomic mass is 10.1. The fourth-order valence-electron chi connectivity index (χ4n) is 1.74. The molecule has 5 heteroatoms. The lowest BCUT2D eigenvalue weighted by Gasteiger charge is -2.12. The van der Waals surface area contributed by atoms with E-state index in [9.17, 15) is 4.39 Å². The molecule has 0 aliphatic rings. The Labute approximate surface area is 105 Å². The predicted octanol–water partition coefficient (Wildman–Crippen LogP) is 2.24. The minimum absolute atomic E-state index is 0.133. The molecule has 0 bridgehead atoms. The standard InChI is InChI=1S/C13H16FN3O/c1-9(7-11-5-3-4-6-12(11)14)15-8-13-16-10(2)17-18-13/h3-6,9,15H,7-8H2,1-2H3. The minimum Gasteiger partial charge on any atom is -0.338 e. The average Bonchev–Trinajstić information content (AvgIpc) is 2.76. The molecule has 1 heterocycles. The van der Waals surface area contributed by atoms with Crippen molar-refractivity contribution in [3.8, 4) is 0 Å². The zero-order valence-corrected chi connectivity index (χ0v) is 10.5. The van der Waals surface area contributed by atoms with Crippen molar-refractivity contribution in [1.29, 1.82) is 0 Å². The van der Waals surface area contributed by atoms with Gasteiger partial charge < -0.3 is 9.84 Å². The first-order chi connectivity index (χ1) is 8.65. The summed E-state index contributed by atoms with van der Waals surface area (Å²) in [6.07, 6.45) is 0.625. The van der Waals surface area contributed by atoms with Crippen molar-refractivity contribution in [3.05, 3.63) is 47.4 Å². The Hall–Kier alpha value is -1.75. The van der Waals surface area contributed by atoms with Crippen molar-refractivity contribution in [1.82, 2.24) is 15.5 Å². The van der Waals surface area contributed by atoms with Crippen LogP contribution in [0, 0.1) is 12.7 Å². The van der Waals surface area contributed by atoms with Crippen molar-refractivity contribution in [2.75, 3.05) is 0 Å². The van der Waals surface area contributed by atoms with E-state index in [1.807, 2.05) is 13.0 Å². The van der Waals surface area contributed by atoms with Crippen LogP contribution in [0.3, 0.4) is 0 Å². The fourth-order valence-corrected chi connectivity index (χ4v) is 1.74. The summed E-state index contributed by atoms with van der Waals surface area (Å²) in [5.41, 5.74) is 0.708. The van der Waals surface area contributed by atoms with Crippen molar-refractivity contribution in [3.63, 3.8) is 0 Å². The lowest BCUT2D eigenvalue weighted by molar-refractivity contribution is 0.356. The lowest BCUT2D eigenvalue weighted by Crippen LogP contribution is -2.28. The van der Waals surface area contributed by atoms with E-state index in [2.05, 4.69) is 15.5 Å². The molecule has 2 aromatic rings. The second-order valence-electron chi connectivity index (χ2n) is 4.31. The summed E-state index contributed by atoms with van der Waals surface area (Å²) in [7, 11) is 0. The highest BCUT2D eigenvalue weighted by atomic mass is 19.1. The van der Waals surface area contributed by atoms with Crippen molar-refractivity contribution >= 4 is 0 Å². The average molecular weight is 249 g/mol. The highest BCUT2D eigenvalue weighted by molar-refractivity contribution is 5.18. The molecule has 18 heavy (non-hydrogen) atoms. The molecule has 1 aromatic heterocycles. The first-order valence-corrected chi connectivity index (χ1v) is 5.91. The van der Waals surface area contributed by atoms with Gasteiger partial charge in [-0.1, -0.05) is 23.4 Å². The highest BCUT2D eigenvalue weighted by Crippen LogP contribution is 2.09. The first kappa shape index (κ1) is 12.7. The molecule has 0 fully saturated rings. The Morgan fingerprint density at radius 1 is 1.39 bits per heavy atom. The van der Waals surface area contributed by atoms with Crippen LogP contribution in [0.5, 0.6) is 0 Å². The zero-order valence-electron chi connectivity index (χ0n) is 10.5. The monoisotopic (exact) mass is 249 g/mol. The summed E-state index contributed by atoms with van der Waals surface area (Å²) in [5, 5.41) is 6.93. The molecular formula is C13H16FN3O. The Bertz CT molecular complexity index is 512. The topological polar surface area (TPSA) is 51.0 Å². The Morgan fingerprint density at radius 2 is 2.17 bits per heavy atom. The van der Waals surface area contributed by atoms with E-state index in [1.54, 1.807) is 19.1 Å². The van der Waals surface area contributed by atoms with Crippen LogP contribution in [0.25, 0.3) is 0 Å². The van der Waals surface area contributed by atoms with Crippen LogP contribution in [0.4, 0.5) is 4.39 Å². The molecule has 1 unspecified atom stereocenters. The van der Waals surface area contributed by atoms with E-state index in [0.29, 0.717) is 30.2 Å². The van der Waals surface area contributed by atoms with Gasteiger partial charge in [0.1, 0.15) is 5.82 Å². The van der Waals surface area contributed by atoms with Gasteiger partial charge in [-0.3, -0.25) is 0 Å². The van der Waals surface area contributed by atoms with E-state index in [-0.39, 0.29) is 11.9 Å². The number of hydrogen-bond donors (Lipinski definition) is 1. The van der Waals surface area contributed by atoms with Crippen molar-refractivity contribution < 1.29 is 8.91 Å². The molecule has 96 valence electrons. The Kier molecular flexibility index (Phi) is 4.04. The van der Waals surface area contributed by atoms with Gasteiger partial charge in [0.2, 0.25) is 5.89 Å². The number of hydrogen-bond acceptors (Lipinski definition) is 4. The Balaban J connectivity index is 1.85.